The van der Waals surface area contributed by atoms with Crippen molar-refractivity contribution < 1.29 is 14.3 Å². The highest BCUT2D eigenvalue weighted by Crippen LogP contribution is 2.44. The van der Waals surface area contributed by atoms with Gasteiger partial charge in [0.15, 0.2) is 11.5 Å². The summed E-state index contributed by atoms with van der Waals surface area (Å²) < 4.78 is 11.2. The summed E-state index contributed by atoms with van der Waals surface area (Å²) in [7, 11) is 1.62. The number of amides is 1. The minimum Gasteiger partial charge on any atom is -0.486 e. The predicted molar refractivity (Wildman–Crippen MR) is 83.4 cm³/mol. The first kappa shape index (κ1) is 13.7. The van der Waals surface area contributed by atoms with Crippen LogP contribution in [-0.2, 0) is 4.79 Å². The fourth-order valence-electron chi connectivity index (χ4n) is 2.76. The Labute approximate surface area is 131 Å². The predicted octanol–water partition coefficient (Wildman–Crippen LogP) is 1.23. The van der Waals surface area contributed by atoms with Gasteiger partial charge in [0.1, 0.15) is 23.5 Å². The summed E-state index contributed by atoms with van der Waals surface area (Å²) in [5, 5.41) is 4.06. The van der Waals surface area contributed by atoms with E-state index in [-0.39, 0.29) is 17.2 Å². The molecule has 0 spiro atoms. The van der Waals surface area contributed by atoms with Gasteiger partial charge in [-0.15, -0.1) is 0 Å². The lowest BCUT2D eigenvalue weighted by molar-refractivity contribution is -0.120. The summed E-state index contributed by atoms with van der Waals surface area (Å²) in [4.78, 5) is 16.6. The van der Waals surface area contributed by atoms with E-state index in [9.17, 15) is 4.79 Å². The van der Waals surface area contributed by atoms with E-state index in [2.05, 4.69) is 10.3 Å². The zero-order chi connectivity index (χ0) is 15.3. The molecule has 1 amide bonds. The van der Waals surface area contributed by atoms with Gasteiger partial charge in [0, 0.05) is 24.1 Å². The van der Waals surface area contributed by atoms with Crippen molar-refractivity contribution in [1.29, 1.82) is 0 Å². The Morgan fingerprint density at radius 2 is 2.05 bits per heavy atom. The molecule has 6 nitrogen and oxygen atoms in total. The molecule has 1 aromatic heterocycles. The Kier molecular flexibility index (Phi) is 3.12. The number of carbonyl (C=O) groups excluding carboxylic acids is 1. The zero-order valence-corrected chi connectivity index (χ0v) is 12.8. The molecule has 4 rings (SSSR count). The number of nitrogens with one attached hydrogen (secondary N) is 1. The number of aromatic nitrogens is 1. The minimum atomic E-state index is -0.356. The van der Waals surface area contributed by atoms with Crippen LogP contribution in [0.2, 0.25) is 0 Å². The number of carbonyl (C=O) groups is 1. The molecule has 22 heavy (non-hydrogen) atoms. The second-order valence-electron chi connectivity index (χ2n) is 5.25. The number of nitrogens with zero attached hydrogens (tertiary/aromatic N) is 1. The number of fused-ring (bicyclic) bond motifs is 3. The van der Waals surface area contributed by atoms with Crippen LogP contribution in [0, 0.1) is 0 Å². The molecule has 0 fully saturated rings. The summed E-state index contributed by atoms with van der Waals surface area (Å²) in [6, 6.07) is 5.44. The van der Waals surface area contributed by atoms with Gasteiger partial charge in [-0.25, -0.2) is 4.98 Å². The van der Waals surface area contributed by atoms with E-state index in [4.69, 9.17) is 15.2 Å². The molecule has 2 aliphatic rings. The normalized spacial score (nSPS) is 22.5. The van der Waals surface area contributed by atoms with Gasteiger partial charge < -0.3 is 20.5 Å². The SMILES string of the molecule is CNC(=O)C1Sc2nc3cc4c(cc3cc2C1N)OCCO4. The Balaban J connectivity index is 1.81. The molecule has 0 saturated carbocycles. The smallest absolute Gasteiger partial charge is 0.235 e. The van der Waals surface area contributed by atoms with Gasteiger partial charge in [0.2, 0.25) is 5.91 Å². The van der Waals surface area contributed by atoms with Crippen molar-refractivity contribution in [3.05, 3.63) is 23.8 Å². The van der Waals surface area contributed by atoms with E-state index >= 15 is 0 Å². The Bertz CT molecular complexity index is 780. The van der Waals surface area contributed by atoms with E-state index in [1.165, 1.54) is 11.8 Å². The van der Waals surface area contributed by atoms with Crippen molar-refractivity contribution in [2.24, 2.45) is 5.73 Å². The lowest BCUT2D eigenvalue weighted by atomic mass is 10.0. The van der Waals surface area contributed by atoms with Crippen LogP contribution in [0.5, 0.6) is 11.5 Å². The Morgan fingerprint density at radius 1 is 1.32 bits per heavy atom. The maximum absolute atomic E-state index is 11.9. The van der Waals surface area contributed by atoms with E-state index < -0.39 is 0 Å². The number of rotatable bonds is 1. The first-order valence-corrected chi connectivity index (χ1v) is 7.93. The third kappa shape index (κ3) is 2.00. The fourth-order valence-corrected chi connectivity index (χ4v) is 4.00. The topological polar surface area (TPSA) is 86.5 Å². The van der Waals surface area contributed by atoms with Crippen LogP contribution in [0.3, 0.4) is 0 Å². The van der Waals surface area contributed by atoms with Gasteiger partial charge in [-0.2, -0.15) is 0 Å². The number of hydrogen-bond acceptors (Lipinski definition) is 6. The second-order valence-corrected chi connectivity index (χ2v) is 6.38. The minimum absolute atomic E-state index is 0.0782. The Hall–Kier alpha value is -1.99. The lowest BCUT2D eigenvalue weighted by Gasteiger charge is -2.19. The average Bonchev–Trinajstić information content (AvgIpc) is 2.86. The van der Waals surface area contributed by atoms with Crippen molar-refractivity contribution in [1.82, 2.24) is 10.3 Å². The molecule has 0 bridgehead atoms. The van der Waals surface area contributed by atoms with Crippen LogP contribution in [0.4, 0.5) is 0 Å². The van der Waals surface area contributed by atoms with Gasteiger partial charge >= 0.3 is 0 Å². The van der Waals surface area contributed by atoms with Crippen LogP contribution in [0.15, 0.2) is 23.2 Å². The largest absolute Gasteiger partial charge is 0.486 e. The fraction of sp³-hybridized carbons (Fsp3) is 0.333. The standard InChI is InChI=1S/C15H15N3O3S/c1-17-14(19)13-12(16)8-4-7-5-10-11(21-3-2-20-10)6-9(7)18-15(8)22-13/h4-6,12-13H,2-3,16H2,1H3,(H,17,19). The van der Waals surface area contributed by atoms with Crippen molar-refractivity contribution in [2.75, 3.05) is 20.3 Å². The molecule has 3 N–H and O–H groups in total. The highest BCUT2D eigenvalue weighted by Gasteiger charge is 2.36. The molecule has 0 aliphatic carbocycles. The van der Waals surface area contributed by atoms with Gasteiger partial charge in [0.25, 0.3) is 0 Å². The zero-order valence-electron chi connectivity index (χ0n) is 12.0. The van der Waals surface area contributed by atoms with Crippen LogP contribution in [-0.4, -0.2) is 36.4 Å². The molecule has 2 atom stereocenters. The van der Waals surface area contributed by atoms with Crippen molar-refractivity contribution in [3.8, 4) is 11.5 Å². The summed E-state index contributed by atoms with van der Waals surface area (Å²) >= 11 is 1.41. The first-order chi connectivity index (χ1) is 10.7. The number of benzene rings is 1. The number of ether oxygens (including phenoxy) is 2. The Morgan fingerprint density at radius 3 is 2.77 bits per heavy atom. The molecule has 2 aliphatic heterocycles. The van der Waals surface area contributed by atoms with Crippen LogP contribution in [0.1, 0.15) is 11.6 Å². The van der Waals surface area contributed by atoms with Crippen molar-refractivity contribution in [2.45, 2.75) is 16.3 Å². The molecule has 2 unspecified atom stereocenters. The van der Waals surface area contributed by atoms with Crippen LogP contribution >= 0.6 is 11.8 Å². The quantitative estimate of drug-likeness (QED) is 0.822. The molecule has 7 heteroatoms. The lowest BCUT2D eigenvalue weighted by Crippen LogP contribution is -2.35. The van der Waals surface area contributed by atoms with E-state index in [0.29, 0.717) is 19.0 Å². The molecular weight excluding hydrogens is 302 g/mol. The molecule has 0 radical (unpaired) electrons. The van der Waals surface area contributed by atoms with Gasteiger partial charge in [-0.05, 0) is 12.1 Å². The highest BCUT2D eigenvalue weighted by molar-refractivity contribution is 8.01. The number of thioether (sulfide) groups is 1. The molecule has 114 valence electrons. The summed E-state index contributed by atoms with van der Waals surface area (Å²) in [6.07, 6.45) is 0. The van der Waals surface area contributed by atoms with Gasteiger partial charge in [0.05, 0.1) is 11.6 Å². The summed E-state index contributed by atoms with van der Waals surface area (Å²) in [5.74, 6) is 1.36. The maximum atomic E-state index is 11.9. The van der Waals surface area contributed by atoms with Crippen LogP contribution in [0.25, 0.3) is 10.9 Å². The highest BCUT2D eigenvalue weighted by atomic mass is 32.2. The summed E-state index contributed by atoms with van der Waals surface area (Å²) in [6.45, 7) is 1.09. The third-order valence-corrected chi connectivity index (χ3v) is 5.21. The van der Waals surface area contributed by atoms with Crippen LogP contribution < -0.4 is 20.5 Å². The van der Waals surface area contributed by atoms with E-state index in [0.717, 1.165) is 27.2 Å². The number of nitrogens with two attached hydrogens (primary N) is 1. The van der Waals surface area contributed by atoms with Gasteiger partial charge in [-0.3, -0.25) is 4.79 Å². The molecule has 3 heterocycles. The maximum Gasteiger partial charge on any atom is 0.235 e. The molecule has 0 saturated heterocycles. The molecule has 2 aromatic rings. The third-order valence-electron chi connectivity index (χ3n) is 3.90. The molecular formula is C15H15N3O3S. The first-order valence-electron chi connectivity index (χ1n) is 7.05. The average molecular weight is 317 g/mol. The van der Waals surface area contributed by atoms with Crippen molar-refractivity contribution in [3.63, 3.8) is 0 Å². The molecule has 1 aromatic carbocycles. The number of hydrogen-bond donors (Lipinski definition) is 2. The monoisotopic (exact) mass is 317 g/mol. The van der Waals surface area contributed by atoms with E-state index in [1.807, 2.05) is 18.2 Å². The second kappa shape index (κ2) is 5.03. The van der Waals surface area contributed by atoms with Gasteiger partial charge in [-0.1, -0.05) is 11.8 Å². The summed E-state index contributed by atoms with van der Waals surface area (Å²) in [5.41, 5.74) is 7.94. The van der Waals surface area contributed by atoms with E-state index in [1.54, 1.807) is 7.05 Å². The number of pyridine rings is 1. The van der Waals surface area contributed by atoms with Crippen molar-refractivity contribution >= 4 is 28.6 Å².